The van der Waals surface area contributed by atoms with Gasteiger partial charge in [-0.25, -0.2) is 9.59 Å². The predicted octanol–water partition coefficient (Wildman–Crippen LogP) is 1.41. The second kappa shape index (κ2) is 12.9. The van der Waals surface area contributed by atoms with Gasteiger partial charge in [0.2, 0.25) is 11.6 Å². The molecule has 4 saturated heterocycles. The fourth-order valence-corrected chi connectivity index (χ4v) is 5.96. The Morgan fingerprint density at radius 3 is 1.57 bits per heavy atom. The Balaban J connectivity index is 0.000000230. The van der Waals surface area contributed by atoms with Crippen molar-refractivity contribution < 1.29 is 57.4 Å². The summed E-state index contributed by atoms with van der Waals surface area (Å²) in [7, 11) is 6.04. The number of ether oxygens (including phenoxy) is 8. The van der Waals surface area contributed by atoms with E-state index in [0.29, 0.717) is 6.54 Å². The molecule has 0 aromatic rings. The molecule has 0 bridgehead atoms. The van der Waals surface area contributed by atoms with E-state index in [4.69, 9.17) is 37.9 Å². The number of nitrogens with zero attached hydrogens (tertiary/aromatic N) is 2. The van der Waals surface area contributed by atoms with Gasteiger partial charge in [0, 0.05) is 47.4 Å². The van der Waals surface area contributed by atoms with Crippen molar-refractivity contribution in [3.8, 4) is 0 Å². The van der Waals surface area contributed by atoms with E-state index in [1.54, 1.807) is 25.7 Å². The second-order valence-electron chi connectivity index (χ2n) is 12.9. The number of rotatable bonds is 6. The molecule has 4 aliphatic rings. The molecule has 2 amide bonds. The van der Waals surface area contributed by atoms with Crippen molar-refractivity contribution >= 4 is 18.5 Å². The minimum atomic E-state index is -1.07. The molecule has 0 saturated carbocycles. The Morgan fingerprint density at radius 1 is 0.786 bits per heavy atom. The van der Waals surface area contributed by atoms with Gasteiger partial charge in [-0.1, -0.05) is 0 Å². The van der Waals surface area contributed by atoms with Gasteiger partial charge in [0.1, 0.15) is 42.8 Å². The van der Waals surface area contributed by atoms with E-state index in [-0.39, 0.29) is 38.4 Å². The number of amides is 2. The van der Waals surface area contributed by atoms with Crippen LogP contribution < -0.4 is 0 Å². The molecule has 4 heterocycles. The van der Waals surface area contributed by atoms with Crippen LogP contribution in [0.2, 0.25) is 0 Å². The number of aliphatic hydroxyl groups excluding tert-OH is 1. The Hall–Kier alpha value is -2.07. The van der Waals surface area contributed by atoms with Crippen molar-refractivity contribution in [1.29, 1.82) is 0 Å². The van der Waals surface area contributed by atoms with Gasteiger partial charge in [0.25, 0.3) is 0 Å². The summed E-state index contributed by atoms with van der Waals surface area (Å²) in [6, 6.07) is -0.933. The first kappa shape index (κ1) is 34.4. The Bertz CT molecular complexity index is 956. The molecule has 14 heteroatoms. The van der Waals surface area contributed by atoms with Crippen LogP contribution in [0.4, 0.5) is 9.59 Å². The summed E-state index contributed by atoms with van der Waals surface area (Å²) < 4.78 is 44.1. The Labute approximate surface area is 247 Å². The third-order valence-corrected chi connectivity index (χ3v) is 7.92. The molecule has 0 radical (unpaired) electrons. The van der Waals surface area contributed by atoms with Crippen molar-refractivity contribution in [1.82, 2.24) is 9.80 Å². The summed E-state index contributed by atoms with van der Waals surface area (Å²) in [5.74, 6) is -2.67. The quantitative estimate of drug-likeness (QED) is 0.345. The van der Waals surface area contributed by atoms with E-state index in [2.05, 4.69) is 0 Å². The van der Waals surface area contributed by atoms with Crippen LogP contribution in [0.5, 0.6) is 0 Å². The van der Waals surface area contributed by atoms with Gasteiger partial charge in [-0.05, 0) is 41.5 Å². The lowest BCUT2D eigenvalue weighted by molar-refractivity contribution is -0.225. The number of fused-ring (bicyclic) bond motifs is 2. The van der Waals surface area contributed by atoms with E-state index < -0.39 is 59.1 Å². The zero-order valence-electron chi connectivity index (χ0n) is 26.4. The zero-order chi connectivity index (χ0) is 31.7. The second-order valence-corrected chi connectivity index (χ2v) is 12.9. The van der Waals surface area contributed by atoms with Gasteiger partial charge >= 0.3 is 12.2 Å². The minimum Gasteiger partial charge on any atom is -0.444 e. The van der Waals surface area contributed by atoms with Crippen LogP contribution in [-0.4, -0.2) is 142 Å². The average Bonchev–Trinajstić information content (AvgIpc) is 3.66. The highest BCUT2D eigenvalue weighted by Gasteiger charge is 2.63. The molecule has 0 aromatic carbocycles. The molecule has 0 unspecified atom stereocenters. The minimum absolute atomic E-state index is 0.0655. The highest BCUT2D eigenvalue weighted by atomic mass is 16.7. The van der Waals surface area contributed by atoms with Crippen LogP contribution in [-0.2, 0) is 42.7 Å². The van der Waals surface area contributed by atoms with Crippen molar-refractivity contribution in [2.24, 2.45) is 11.8 Å². The highest BCUT2D eigenvalue weighted by Crippen LogP contribution is 2.43. The topological polar surface area (TPSA) is 152 Å². The largest absolute Gasteiger partial charge is 0.444 e. The lowest BCUT2D eigenvalue weighted by atomic mass is 9.99. The van der Waals surface area contributed by atoms with Gasteiger partial charge in [-0.15, -0.1) is 0 Å². The van der Waals surface area contributed by atoms with Crippen LogP contribution >= 0.6 is 0 Å². The lowest BCUT2D eigenvalue weighted by Gasteiger charge is -2.36. The number of methoxy groups -OCH3 is 4. The molecule has 242 valence electrons. The van der Waals surface area contributed by atoms with Crippen LogP contribution in [0, 0.1) is 11.8 Å². The molecule has 1 N–H and O–H groups in total. The smallest absolute Gasteiger partial charge is 0.410 e. The maximum atomic E-state index is 12.4. The number of likely N-dealkylation sites (tertiary alicyclic amines) is 2. The van der Waals surface area contributed by atoms with Gasteiger partial charge < -0.3 is 47.8 Å². The van der Waals surface area contributed by atoms with Crippen LogP contribution in [0.15, 0.2) is 0 Å². The average molecular weight is 605 g/mol. The normalized spacial score (nSPS) is 31.2. The highest BCUT2D eigenvalue weighted by molar-refractivity contribution is 5.71. The van der Waals surface area contributed by atoms with Gasteiger partial charge in [0.05, 0.1) is 24.7 Å². The first-order valence-electron chi connectivity index (χ1n) is 14.0. The molecule has 4 rings (SSSR count). The third-order valence-electron chi connectivity index (χ3n) is 7.92. The van der Waals surface area contributed by atoms with Crippen LogP contribution in [0.1, 0.15) is 41.5 Å². The van der Waals surface area contributed by atoms with Crippen molar-refractivity contribution in [3.63, 3.8) is 0 Å². The number of carbonyl (C=O) groups excluding carboxylic acids is 3. The molecular weight excluding hydrogens is 556 g/mol. The van der Waals surface area contributed by atoms with Gasteiger partial charge in [0.15, 0.2) is 0 Å². The molecule has 4 fully saturated rings. The maximum Gasteiger partial charge on any atom is 0.410 e. The Kier molecular flexibility index (Phi) is 10.6. The number of carbonyl (C=O) groups is 3. The summed E-state index contributed by atoms with van der Waals surface area (Å²) in [6.45, 7) is 11.7. The molecule has 14 nitrogen and oxygen atoms in total. The van der Waals surface area contributed by atoms with E-state index in [9.17, 15) is 19.5 Å². The summed E-state index contributed by atoms with van der Waals surface area (Å²) in [4.78, 5) is 39.1. The standard InChI is InChI=1S/C14H25NO6.C14H23NO6/c2*1-13(2,3)21-12(17)15-6-9(7-16)10-11(15)14(18-4,19-5)8-20-10/h9-11,16H,6-8H2,1-5H3;7,9-11H,6,8H2,1-5H3/t2*9-,10+,11-/m00/s1. The maximum absolute atomic E-state index is 12.4. The number of aldehydes is 1. The molecule has 4 aliphatic heterocycles. The van der Waals surface area contributed by atoms with E-state index in [1.807, 2.05) is 20.8 Å². The van der Waals surface area contributed by atoms with Gasteiger partial charge in [-0.3, -0.25) is 9.80 Å². The van der Waals surface area contributed by atoms with Crippen molar-refractivity contribution in [3.05, 3.63) is 0 Å². The third kappa shape index (κ3) is 6.69. The number of hydrogen-bond donors (Lipinski definition) is 1. The molecule has 42 heavy (non-hydrogen) atoms. The SMILES string of the molecule is COC1(OC)CO[C@@H]2[C@H](C=O)CN(C(=O)OC(C)(C)C)[C@@H]21.COC1(OC)CO[C@@H]2[C@H](CO)CN(C(=O)OC(C)(C)C)[C@@H]21. The zero-order valence-corrected chi connectivity index (χ0v) is 26.4. The monoisotopic (exact) mass is 604 g/mol. The van der Waals surface area contributed by atoms with E-state index in [1.165, 1.54) is 33.3 Å². The summed E-state index contributed by atoms with van der Waals surface area (Å²) in [6.07, 6.45) is -0.885. The first-order valence-corrected chi connectivity index (χ1v) is 14.0. The molecule has 0 aliphatic carbocycles. The van der Waals surface area contributed by atoms with Crippen molar-refractivity contribution in [2.45, 2.75) is 88.6 Å². The number of aliphatic hydroxyl groups is 1. The molecule has 6 atom stereocenters. The summed E-state index contributed by atoms with van der Waals surface area (Å²) in [5.41, 5.74) is -1.21. The Morgan fingerprint density at radius 2 is 1.19 bits per heavy atom. The van der Waals surface area contributed by atoms with Crippen molar-refractivity contribution in [2.75, 3.05) is 61.3 Å². The summed E-state index contributed by atoms with van der Waals surface area (Å²) in [5, 5.41) is 9.52. The lowest BCUT2D eigenvalue weighted by Crippen LogP contribution is -2.55. The van der Waals surface area contributed by atoms with Gasteiger partial charge in [-0.2, -0.15) is 0 Å². The predicted molar refractivity (Wildman–Crippen MR) is 147 cm³/mol. The van der Waals surface area contributed by atoms with E-state index >= 15 is 0 Å². The summed E-state index contributed by atoms with van der Waals surface area (Å²) >= 11 is 0. The molecule has 0 spiro atoms. The van der Waals surface area contributed by atoms with Crippen LogP contribution in [0.25, 0.3) is 0 Å². The first-order chi connectivity index (χ1) is 19.6. The fraction of sp³-hybridized carbons (Fsp3) is 0.893. The van der Waals surface area contributed by atoms with E-state index in [0.717, 1.165) is 6.29 Å². The fourth-order valence-electron chi connectivity index (χ4n) is 5.96. The molecule has 0 aromatic heterocycles. The van der Waals surface area contributed by atoms with Crippen LogP contribution in [0.3, 0.4) is 0 Å². The molecular formula is C28H48N2O12. The number of hydrogen-bond acceptors (Lipinski definition) is 12.